The first-order valence-electron chi connectivity index (χ1n) is 9.49. The third kappa shape index (κ3) is 5.67. The van der Waals surface area contributed by atoms with E-state index in [1.54, 1.807) is 6.20 Å². The molecule has 0 amide bonds. The molecule has 0 saturated carbocycles. The Labute approximate surface area is 167 Å². The van der Waals surface area contributed by atoms with E-state index in [0.717, 1.165) is 24.5 Å². The van der Waals surface area contributed by atoms with Gasteiger partial charge in [-0.25, -0.2) is 0 Å². The van der Waals surface area contributed by atoms with Gasteiger partial charge in [-0.05, 0) is 61.4 Å². The van der Waals surface area contributed by atoms with Gasteiger partial charge in [-0.2, -0.15) is 5.26 Å². The second kappa shape index (κ2) is 9.68. The van der Waals surface area contributed by atoms with Crippen molar-refractivity contribution in [1.82, 2.24) is 9.88 Å². The number of ether oxygens (including phenoxy) is 1. The molecule has 0 aliphatic heterocycles. The Bertz CT molecular complexity index is 897. The molecule has 2 aromatic carbocycles. The van der Waals surface area contributed by atoms with Crippen molar-refractivity contribution in [2.75, 3.05) is 0 Å². The molecule has 3 aromatic rings. The van der Waals surface area contributed by atoms with Crippen LogP contribution in [0.5, 0.6) is 5.75 Å². The smallest absolute Gasteiger partial charge is 0.130 e. The number of pyridine rings is 1. The monoisotopic (exact) mass is 371 g/mol. The second-order valence-corrected chi connectivity index (χ2v) is 7.06. The minimum absolute atomic E-state index is 0.413. The number of rotatable bonds is 8. The Morgan fingerprint density at radius 1 is 0.929 bits per heavy atom. The van der Waals surface area contributed by atoms with Gasteiger partial charge in [0.05, 0.1) is 17.3 Å². The second-order valence-electron chi connectivity index (χ2n) is 7.06. The molecule has 1 heterocycles. The lowest BCUT2D eigenvalue weighted by atomic mass is 10.1. The SMILES string of the molecule is CC(C)N(Cc1ccc(C#N)cc1)Cc1ccc(OCc2ccccn2)cc1. The number of nitrogens with zero attached hydrogens (tertiary/aromatic N) is 3. The predicted molar refractivity (Wildman–Crippen MR) is 111 cm³/mol. The van der Waals surface area contributed by atoms with Crippen LogP contribution in [0.2, 0.25) is 0 Å². The third-order valence-corrected chi connectivity index (χ3v) is 4.62. The molecular weight excluding hydrogens is 346 g/mol. The van der Waals surface area contributed by atoms with E-state index < -0.39 is 0 Å². The van der Waals surface area contributed by atoms with E-state index >= 15 is 0 Å². The van der Waals surface area contributed by atoms with Gasteiger partial charge in [0, 0.05) is 25.3 Å². The van der Waals surface area contributed by atoms with E-state index in [4.69, 9.17) is 10.00 Å². The molecule has 0 radical (unpaired) electrons. The van der Waals surface area contributed by atoms with E-state index in [1.807, 2.05) is 54.6 Å². The molecule has 0 aliphatic carbocycles. The van der Waals surface area contributed by atoms with E-state index in [-0.39, 0.29) is 0 Å². The first-order valence-corrected chi connectivity index (χ1v) is 9.49. The first kappa shape index (κ1) is 19.6. The number of benzene rings is 2. The largest absolute Gasteiger partial charge is 0.487 e. The van der Waals surface area contributed by atoms with Gasteiger partial charge in [0.1, 0.15) is 12.4 Å². The van der Waals surface area contributed by atoms with Gasteiger partial charge >= 0.3 is 0 Å². The van der Waals surface area contributed by atoms with E-state index in [9.17, 15) is 0 Å². The molecule has 0 fully saturated rings. The minimum Gasteiger partial charge on any atom is -0.487 e. The van der Waals surface area contributed by atoms with Gasteiger partial charge < -0.3 is 4.74 Å². The molecule has 1 aromatic heterocycles. The lowest BCUT2D eigenvalue weighted by Crippen LogP contribution is -2.29. The molecule has 0 N–H and O–H groups in total. The van der Waals surface area contributed by atoms with Crippen LogP contribution in [0.1, 0.15) is 36.2 Å². The third-order valence-electron chi connectivity index (χ3n) is 4.62. The van der Waals surface area contributed by atoms with Crippen molar-refractivity contribution < 1.29 is 4.74 Å². The highest BCUT2D eigenvalue weighted by Crippen LogP contribution is 2.18. The van der Waals surface area contributed by atoms with E-state index in [1.165, 1.54) is 11.1 Å². The Balaban J connectivity index is 1.59. The zero-order valence-corrected chi connectivity index (χ0v) is 16.4. The summed E-state index contributed by atoms with van der Waals surface area (Å²) in [5, 5.41) is 8.94. The van der Waals surface area contributed by atoms with Gasteiger partial charge in [0.15, 0.2) is 0 Å². The summed E-state index contributed by atoms with van der Waals surface area (Å²) in [4.78, 5) is 6.68. The van der Waals surface area contributed by atoms with Crippen LogP contribution in [0.3, 0.4) is 0 Å². The fraction of sp³-hybridized carbons (Fsp3) is 0.250. The molecule has 28 heavy (non-hydrogen) atoms. The maximum atomic E-state index is 8.94. The van der Waals surface area contributed by atoms with Crippen LogP contribution in [0, 0.1) is 11.3 Å². The number of aromatic nitrogens is 1. The molecule has 0 unspecified atom stereocenters. The van der Waals surface area contributed by atoms with Gasteiger partial charge in [0.25, 0.3) is 0 Å². The fourth-order valence-corrected chi connectivity index (χ4v) is 2.91. The fourth-order valence-electron chi connectivity index (χ4n) is 2.91. The van der Waals surface area contributed by atoms with Crippen molar-refractivity contribution in [3.8, 4) is 11.8 Å². The zero-order chi connectivity index (χ0) is 19.8. The Morgan fingerprint density at radius 3 is 2.11 bits per heavy atom. The Hall–Kier alpha value is -3.16. The summed E-state index contributed by atoms with van der Waals surface area (Å²) in [6, 6.07) is 24.5. The highest BCUT2D eigenvalue weighted by atomic mass is 16.5. The highest BCUT2D eigenvalue weighted by molar-refractivity contribution is 5.32. The van der Waals surface area contributed by atoms with Crippen LogP contribution >= 0.6 is 0 Å². The van der Waals surface area contributed by atoms with Crippen LogP contribution in [0.25, 0.3) is 0 Å². The minimum atomic E-state index is 0.413. The quantitative estimate of drug-likeness (QED) is 0.562. The van der Waals surface area contributed by atoms with Crippen molar-refractivity contribution in [3.63, 3.8) is 0 Å². The maximum Gasteiger partial charge on any atom is 0.130 e. The normalized spacial score (nSPS) is 10.8. The van der Waals surface area contributed by atoms with Crippen molar-refractivity contribution in [2.24, 2.45) is 0 Å². The summed E-state index contributed by atoms with van der Waals surface area (Å²) in [5.41, 5.74) is 4.07. The Kier molecular flexibility index (Phi) is 6.78. The predicted octanol–water partition coefficient (Wildman–Crippen LogP) is 4.94. The van der Waals surface area contributed by atoms with E-state index in [0.29, 0.717) is 18.2 Å². The van der Waals surface area contributed by atoms with Crippen LogP contribution in [-0.2, 0) is 19.7 Å². The molecule has 142 valence electrons. The van der Waals surface area contributed by atoms with Crippen molar-refractivity contribution >= 4 is 0 Å². The first-order chi connectivity index (χ1) is 13.6. The summed E-state index contributed by atoms with van der Waals surface area (Å²) in [7, 11) is 0. The lowest BCUT2D eigenvalue weighted by molar-refractivity contribution is 0.203. The van der Waals surface area contributed by atoms with Gasteiger partial charge in [-0.1, -0.05) is 30.3 Å². The number of hydrogen-bond donors (Lipinski definition) is 0. The van der Waals surface area contributed by atoms with Crippen molar-refractivity contribution in [3.05, 3.63) is 95.3 Å². The van der Waals surface area contributed by atoms with Crippen LogP contribution < -0.4 is 4.74 Å². The molecular formula is C24H25N3O. The molecule has 4 heteroatoms. The molecule has 0 bridgehead atoms. The summed E-state index contributed by atoms with van der Waals surface area (Å²) < 4.78 is 5.81. The van der Waals surface area contributed by atoms with Crippen LogP contribution in [-0.4, -0.2) is 15.9 Å². The molecule has 3 rings (SSSR count). The maximum absolute atomic E-state index is 8.94. The lowest BCUT2D eigenvalue weighted by Gasteiger charge is -2.26. The number of nitriles is 1. The van der Waals surface area contributed by atoms with Crippen molar-refractivity contribution in [1.29, 1.82) is 5.26 Å². The van der Waals surface area contributed by atoms with Crippen molar-refractivity contribution in [2.45, 2.75) is 39.6 Å². The standard InChI is InChI=1S/C24H25N3O/c1-19(2)27(16-21-8-6-20(15-25)7-9-21)17-22-10-12-24(13-11-22)28-18-23-5-3-4-14-26-23/h3-14,19H,16-18H2,1-2H3. The topological polar surface area (TPSA) is 49.2 Å². The number of hydrogen-bond acceptors (Lipinski definition) is 4. The van der Waals surface area contributed by atoms with Crippen LogP contribution in [0.15, 0.2) is 72.9 Å². The molecule has 4 nitrogen and oxygen atoms in total. The van der Waals surface area contributed by atoms with Gasteiger partial charge in [0.2, 0.25) is 0 Å². The van der Waals surface area contributed by atoms with Gasteiger partial charge in [-0.15, -0.1) is 0 Å². The summed E-state index contributed by atoms with van der Waals surface area (Å²) in [6.45, 7) is 6.58. The average Bonchev–Trinajstić information content (AvgIpc) is 2.74. The summed E-state index contributed by atoms with van der Waals surface area (Å²) in [5.74, 6) is 0.845. The molecule has 0 spiro atoms. The summed E-state index contributed by atoms with van der Waals surface area (Å²) in [6.07, 6.45) is 1.77. The Morgan fingerprint density at radius 2 is 1.57 bits per heavy atom. The summed E-state index contributed by atoms with van der Waals surface area (Å²) >= 11 is 0. The average molecular weight is 371 g/mol. The molecule has 0 atom stereocenters. The zero-order valence-electron chi connectivity index (χ0n) is 16.4. The molecule has 0 saturated heterocycles. The highest BCUT2D eigenvalue weighted by Gasteiger charge is 2.11. The van der Waals surface area contributed by atoms with Gasteiger partial charge in [-0.3, -0.25) is 9.88 Å². The van der Waals surface area contributed by atoms with Crippen LogP contribution in [0.4, 0.5) is 0 Å². The van der Waals surface area contributed by atoms with E-state index in [2.05, 4.69) is 41.9 Å². The molecule has 0 aliphatic rings.